The van der Waals surface area contributed by atoms with Gasteiger partial charge in [0, 0.05) is 12.2 Å². The minimum Gasteiger partial charge on any atom is -0.313 e. The Labute approximate surface area is 123 Å². The second-order valence-corrected chi connectivity index (χ2v) is 8.02. The predicted octanol–water partition coefficient (Wildman–Crippen LogP) is 2.97. The highest BCUT2D eigenvalue weighted by Crippen LogP contribution is 2.19. The van der Waals surface area contributed by atoms with Crippen LogP contribution in [0.1, 0.15) is 39.7 Å². The minimum atomic E-state index is -3.30. The van der Waals surface area contributed by atoms with Gasteiger partial charge in [0.1, 0.15) is 0 Å². The Bertz CT molecular complexity index is 519. The quantitative estimate of drug-likeness (QED) is 0.761. The number of rotatable bonds is 7. The van der Waals surface area contributed by atoms with Crippen LogP contribution < -0.4 is 10.0 Å². The van der Waals surface area contributed by atoms with Crippen molar-refractivity contribution in [1.29, 1.82) is 0 Å². The summed E-state index contributed by atoms with van der Waals surface area (Å²) in [7, 11) is -3.30. The summed E-state index contributed by atoms with van der Waals surface area (Å²) in [4.78, 5) is 0. The summed E-state index contributed by atoms with van der Waals surface area (Å²) in [6.07, 6.45) is 1.08. The smallest absolute Gasteiger partial charge is 0.233 e. The summed E-state index contributed by atoms with van der Waals surface area (Å²) in [5.41, 5.74) is 1.45. The van der Waals surface area contributed by atoms with Crippen LogP contribution in [0, 0.1) is 5.41 Å². The van der Waals surface area contributed by atoms with Crippen LogP contribution in [0.25, 0.3) is 0 Å². The summed E-state index contributed by atoms with van der Waals surface area (Å²) in [5.74, 6) is 0.109. The molecule has 0 bridgehead atoms. The third-order valence-corrected chi connectivity index (χ3v) is 4.37. The van der Waals surface area contributed by atoms with Crippen LogP contribution in [0.4, 0.5) is 5.69 Å². The molecule has 114 valence electrons. The van der Waals surface area contributed by atoms with Crippen LogP contribution in [-0.2, 0) is 16.6 Å². The van der Waals surface area contributed by atoms with E-state index in [4.69, 9.17) is 0 Å². The van der Waals surface area contributed by atoms with Crippen molar-refractivity contribution in [2.45, 2.75) is 40.7 Å². The molecule has 0 aliphatic carbocycles. The van der Waals surface area contributed by atoms with Gasteiger partial charge in [-0.1, -0.05) is 39.8 Å². The third kappa shape index (κ3) is 6.91. The summed E-state index contributed by atoms with van der Waals surface area (Å²) in [6.45, 7) is 9.57. The molecule has 1 aromatic rings. The maximum absolute atomic E-state index is 12.1. The topological polar surface area (TPSA) is 58.2 Å². The maximum Gasteiger partial charge on any atom is 0.233 e. The Kier molecular flexibility index (Phi) is 6.02. The lowest BCUT2D eigenvalue weighted by atomic mass is 10.0. The van der Waals surface area contributed by atoms with Crippen molar-refractivity contribution in [2.75, 3.05) is 17.0 Å². The Morgan fingerprint density at radius 1 is 1.20 bits per heavy atom. The van der Waals surface area contributed by atoms with Crippen LogP contribution in [0.15, 0.2) is 24.3 Å². The molecule has 0 radical (unpaired) electrons. The fraction of sp³-hybridized carbons (Fsp3) is 0.600. The first-order valence-electron chi connectivity index (χ1n) is 7.02. The second kappa shape index (κ2) is 7.09. The van der Waals surface area contributed by atoms with Crippen molar-refractivity contribution in [3.63, 3.8) is 0 Å². The van der Waals surface area contributed by atoms with Crippen LogP contribution >= 0.6 is 0 Å². The number of hydrogen-bond acceptors (Lipinski definition) is 3. The van der Waals surface area contributed by atoms with E-state index in [-0.39, 0.29) is 11.2 Å². The predicted molar refractivity (Wildman–Crippen MR) is 85.3 cm³/mol. The minimum absolute atomic E-state index is 0.109. The highest BCUT2D eigenvalue weighted by molar-refractivity contribution is 7.92. The normalized spacial score (nSPS) is 12.4. The van der Waals surface area contributed by atoms with Gasteiger partial charge in [0.2, 0.25) is 10.0 Å². The number of benzene rings is 1. The number of anilines is 1. The third-order valence-electron chi connectivity index (χ3n) is 2.58. The largest absolute Gasteiger partial charge is 0.313 e. The second-order valence-electron chi connectivity index (χ2n) is 6.30. The first kappa shape index (κ1) is 17.0. The van der Waals surface area contributed by atoms with Gasteiger partial charge in [-0.05, 0) is 36.1 Å². The SMILES string of the molecule is CCCNCc1cccc(NS(=O)(=O)CC(C)(C)C)c1. The summed E-state index contributed by atoms with van der Waals surface area (Å²) in [5, 5.41) is 3.30. The van der Waals surface area contributed by atoms with Gasteiger partial charge in [-0.3, -0.25) is 4.72 Å². The fourth-order valence-electron chi connectivity index (χ4n) is 1.94. The lowest BCUT2D eigenvalue weighted by molar-refractivity contribution is 0.463. The molecule has 20 heavy (non-hydrogen) atoms. The monoisotopic (exact) mass is 298 g/mol. The first-order valence-corrected chi connectivity index (χ1v) is 8.67. The molecule has 0 atom stereocenters. The number of sulfonamides is 1. The zero-order valence-corrected chi connectivity index (χ0v) is 13.7. The Morgan fingerprint density at radius 3 is 2.50 bits per heavy atom. The van der Waals surface area contributed by atoms with Crippen molar-refractivity contribution < 1.29 is 8.42 Å². The fourth-order valence-corrected chi connectivity index (χ4v) is 3.64. The van der Waals surface area contributed by atoms with E-state index in [1.165, 1.54) is 0 Å². The molecule has 0 aliphatic heterocycles. The van der Waals surface area contributed by atoms with Gasteiger partial charge in [-0.25, -0.2) is 8.42 Å². The average Bonchev–Trinajstić information content (AvgIpc) is 2.25. The molecule has 0 saturated heterocycles. The maximum atomic E-state index is 12.1. The van der Waals surface area contributed by atoms with Crippen molar-refractivity contribution in [3.8, 4) is 0 Å². The Balaban J connectivity index is 2.70. The Morgan fingerprint density at radius 2 is 1.90 bits per heavy atom. The lowest BCUT2D eigenvalue weighted by Gasteiger charge is -2.19. The van der Waals surface area contributed by atoms with Crippen LogP contribution in [0.5, 0.6) is 0 Å². The molecular formula is C15H26N2O2S. The molecule has 1 rings (SSSR count). The highest BCUT2D eigenvalue weighted by Gasteiger charge is 2.21. The molecule has 0 saturated carbocycles. The van der Waals surface area contributed by atoms with Gasteiger partial charge < -0.3 is 5.32 Å². The zero-order chi connectivity index (χ0) is 15.2. The van der Waals surface area contributed by atoms with Gasteiger partial charge >= 0.3 is 0 Å². The molecule has 0 aliphatic rings. The summed E-state index contributed by atoms with van der Waals surface area (Å²) < 4.78 is 26.8. The van der Waals surface area contributed by atoms with Crippen LogP contribution in [0.2, 0.25) is 0 Å². The van der Waals surface area contributed by atoms with E-state index in [0.29, 0.717) is 5.69 Å². The molecule has 0 amide bonds. The molecule has 0 fully saturated rings. The molecule has 5 heteroatoms. The molecule has 0 heterocycles. The molecule has 0 spiro atoms. The number of hydrogen-bond donors (Lipinski definition) is 2. The van der Waals surface area contributed by atoms with Gasteiger partial charge in [0.25, 0.3) is 0 Å². The molecule has 2 N–H and O–H groups in total. The van der Waals surface area contributed by atoms with Crippen LogP contribution in [-0.4, -0.2) is 20.7 Å². The van der Waals surface area contributed by atoms with E-state index in [9.17, 15) is 8.42 Å². The standard InChI is InChI=1S/C15H26N2O2S/c1-5-9-16-11-13-7-6-8-14(10-13)17-20(18,19)12-15(2,3)4/h6-8,10,16-17H,5,9,11-12H2,1-4H3. The van der Waals surface area contributed by atoms with E-state index in [1.807, 2.05) is 39.0 Å². The summed E-state index contributed by atoms with van der Waals surface area (Å²) in [6, 6.07) is 7.52. The molecule has 0 aromatic heterocycles. The van der Waals surface area contributed by atoms with Crippen molar-refractivity contribution >= 4 is 15.7 Å². The van der Waals surface area contributed by atoms with Gasteiger partial charge in [-0.2, -0.15) is 0 Å². The van der Waals surface area contributed by atoms with E-state index < -0.39 is 10.0 Å². The molecule has 1 aromatic carbocycles. The molecule has 4 nitrogen and oxygen atoms in total. The molecule has 0 unspecified atom stereocenters. The summed E-state index contributed by atoms with van der Waals surface area (Å²) >= 11 is 0. The van der Waals surface area contributed by atoms with E-state index in [0.717, 1.165) is 25.1 Å². The van der Waals surface area contributed by atoms with E-state index in [1.54, 1.807) is 6.07 Å². The highest BCUT2D eigenvalue weighted by atomic mass is 32.2. The molecular weight excluding hydrogens is 272 g/mol. The van der Waals surface area contributed by atoms with E-state index in [2.05, 4.69) is 17.0 Å². The lowest BCUT2D eigenvalue weighted by Crippen LogP contribution is -2.26. The van der Waals surface area contributed by atoms with Gasteiger partial charge in [0.05, 0.1) is 5.75 Å². The van der Waals surface area contributed by atoms with E-state index >= 15 is 0 Å². The van der Waals surface area contributed by atoms with Crippen molar-refractivity contribution in [2.24, 2.45) is 5.41 Å². The Hall–Kier alpha value is -1.07. The number of nitrogens with one attached hydrogen (secondary N) is 2. The van der Waals surface area contributed by atoms with Crippen molar-refractivity contribution in [1.82, 2.24) is 5.32 Å². The zero-order valence-electron chi connectivity index (χ0n) is 12.9. The van der Waals surface area contributed by atoms with Crippen molar-refractivity contribution in [3.05, 3.63) is 29.8 Å². The van der Waals surface area contributed by atoms with Gasteiger partial charge in [0.15, 0.2) is 0 Å². The average molecular weight is 298 g/mol. The first-order chi connectivity index (χ1) is 9.22. The van der Waals surface area contributed by atoms with Crippen LogP contribution in [0.3, 0.4) is 0 Å². The van der Waals surface area contributed by atoms with Gasteiger partial charge in [-0.15, -0.1) is 0 Å².